The highest BCUT2D eigenvalue weighted by atomic mass is 19.1. The molecule has 42 heavy (non-hydrogen) atoms. The van der Waals surface area contributed by atoms with E-state index in [2.05, 4.69) is 5.32 Å². The van der Waals surface area contributed by atoms with Gasteiger partial charge in [-0.1, -0.05) is 44.2 Å². The Hall–Kier alpha value is -4.47. The number of carbonyl (C=O) groups excluding carboxylic acids is 1. The van der Waals surface area contributed by atoms with Crippen molar-refractivity contribution < 1.29 is 34.4 Å². The van der Waals surface area contributed by atoms with Crippen molar-refractivity contribution in [2.75, 3.05) is 5.32 Å². The number of phenolic OH excluding ortho intramolecular Hbond substituents is 1. The van der Waals surface area contributed by atoms with Gasteiger partial charge in [-0.2, -0.15) is 0 Å². The van der Waals surface area contributed by atoms with Crippen molar-refractivity contribution in [1.29, 1.82) is 0 Å². The summed E-state index contributed by atoms with van der Waals surface area (Å²) >= 11 is 0. The number of aromatic nitrogens is 1. The van der Waals surface area contributed by atoms with Crippen molar-refractivity contribution in [3.05, 3.63) is 95.9 Å². The highest BCUT2D eigenvalue weighted by molar-refractivity contribution is 6.12. The SMILES string of the molecule is CC(C)c1c(C(=O)Nc2ccc(O)cc2)c(-c2ccccc2)c(-c2ccc(F)cc2)n1CC[C@H](O)C[C@H](O)CC(=O)O. The number of anilines is 1. The van der Waals surface area contributed by atoms with E-state index in [1.54, 1.807) is 24.3 Å². The number of nitrogens with zero attached hydrogens (tertiary/aromatic N) is 1. The lowest BCUT2D eigenvalue weighted by molar-refractivity contribution is -0.139. The summed E-state index contributed by atoms with van der Waals surface area (Å²) in [4.78, 5) is 25.1. The van der Waals surface area contributed by atoms with Gasteiger partial charge in [-0.05, 0) is 78.4 Å². The first-order valence-corrected chi connectivity index (χ1v) is 13.8. The third kappa shape index (κ3) is 7.23. The molecule has 0 bridgehead atoms. The number of aliphatic hydroxyl groups excluding tert-OH is 2. The fraction of sp³-hybridized carbons (Fsp3) is 0.273. The Morgan fingerprint density at radius 1 is 0.881 bits per heavy atom. The lowest BCUT2D eigenvalue weighted by Crippen LogP contribution is -2.22. The molecule has 0 unspecified atom stereocenters. The van der Waals surface area contributed by atoms with Gasteiger partial charge in [0.15, 0.2) is 0 Å². The van der Waals surface area contributed by atoms with E-state index in [4.69, 9.17) is 5.11 Å². The summed E-state index contributed by atoms with van der Waals surface area (Å²) in [6.07, 6.45) is -2.62. The Labute approximate surface area is 243 Å². The van der Waals surface area contributed by atoms with Crippen LogP contribution in [-0.4, -0.2) is 49.1 Å². The van der Waals surface area contributed by atoms with Crippen LogP contribution in [-0.2, 0) is 11.3 Å². The average molecular weight is 575 g/mol. The van der Waals surface area contributed by atoms with Gasteiger partial charge in [0.1, 0.15) is 11.6 Å². The van der Waals surface area contributed by atoms with Gasteiger partial charge in [0, 0.05) is 23.5 Å². The topological polar surface area (TPSA) is 132 Å². The number of hydrogen-bond donors (Lipinski definition) is 5. The van der Waals surface area contributed by atoms with E-state index in [1.807, 2.05) is 48.7 Å². The zero-order valence-corrected chi connectivity index (χ0v) is 23.5. The monoisotopic (exact) mass is 574 g/mol. The van der Waals surface area contributed by atoms with Crippen LogP contribution in [0.15, 0.2) is 78.9 Å². The van der Waals surface area contributed by atoms with Crippen molar-refractivity contribution in [2.24, 2.45) is 0 Å². The minimum atomic E-state index is -1.20. The first kappa shape index (κ1) is 30.5. The highest BCUT2D eigenvalue weighted by Crippen LogP contribution is 2.42. The minimum Gasteiger partial charge on any atom is -0.508 e. The van der Waals surface area contributed by atoms with Gasteiger partial charge in [-0.15, -0.1) is 0 Å². The molecule has 3 aromatic carbocycles. The number of aliphatic carboxylic acids is 1. The standard InChI is InChI=1S/C33H35FN2O6/c1-20(2)31-30(33(42)35-24-12-14-25(37)15-13-24)29(21-6-4-3-5-7-21)32(22-8-10-23(34)11-9-22)36(31)17-16-26(38)18-27(39)19-28(40)41/h3-15,20,26-27,37-39H,16-19H2,1-2H3,(H,35,42)(H,40,41)/t26-,27-/m0/s1. The molecule has 4 aromatic rings. The number of benzene rings is 3. The second-order valence-electron chi connectivity index (χ2n) is 10.6. The lowest BCUT2D eigenvalue weighted by atomic mass is 9.94. The molecule has 0 spiro atoms. The summed E-state index contributed by atoms with van der Waals surface area (Å²) in [6.45, 7) is 4.16. The molecule has 220 valence electrons. The largest absolute Gasteiger partial charge is 0.508 e. The van der Waals surface area contributed by atoms with Crippen molar-refractivity contribution >= 4 is 17.6 Å². The molecule has 0 saturated carbocycles. The number of hydrogen-bond acceptors (Lipinski definition) is 5. The Morgan fingerprint density at radius 3 is 2.12 bits per heavy atom. The third-order valence-electron chi connectivity index (χ3n) is 7.02. The summed E-state index contributed by atoms with van der Waals surface area (Å²) in [7, 11) is 0. The fourth-order valence-electron chi connectivity index (χ4n) is 5.23. The maximum Gasteiger partial charge on any atom is 0.305 e. The summed E-state index contributed by atoms with van der Waals surface area (Å²) < 4.78 is 16.0. The van der Waals surface area contributed by atoms with Crippen LogP contribution in [0.4, 0.5) is 10.1 Å². The van der Waals surface area contributed by atoms with Crippen LogP contribution in [0.1, 0.15) is 55.1 Å². The van der Waals surface area contributed by atoms with Crippen molar-refractivity contribution in [2.45, 2.75) is 57.8 Å². The van der Waals surface area contributed by atoms with E-state index in [0.29, 0.717) is 33.8 Å². The molecule has 1 heterocycles. The molecule has 1 aromatic heterocycles. The minimum absolute atomic E-state index is 0.0672. The maximum atomic E-state index is 14.1. The third-order valence-corrected chi connectivity index (χ3v) is 7.02. The van der Waals surface area contributed by atoms with Gasteiger partial charge in [0.2, 0.25) is 0 Å². The zero-order valence-electron chi connectivity index (χ0n) is 23.5. The number of rotatable bonds is 12. The Kier molecular flexibility index (Phi) is 9.77. The number of carboxylic acid groups (broad SMARTS) is 1. The van der Waals surface area contributed by atoms with Crippen molar-refractivity contribution in [1.82, 2.24) is 4.57 Å². The van der Waals surface area contributed by atoms with E-state index in [0.717, 1.165) is 5.56 Å². The first-order valence-electron chi connectivity index (χ1n) is 13.8. The van der Waals surface area contributed by atoms with Crippen LogP contribution < -0.4 is 5.32 Å². The molecular formula is C33H35FN2O6. The van der Waals surface area contributed by atoms with Gasteiger partial charge < -0.3 is 30.3 Å². The number of carboxylic acids is 1. The van der Waals surface area contributed by atoms with Gasteiger partial charge in [0.05, 0.1) is 29.9 Å². The van der Waals surface area contributed by atoms with E-state index in [9.17, 15) is 29.3 Å². The predicted molar refractivity (Wildman–Crippen MR) is 159 cm³/mol. The molecule has 0 aliphatic rings. The number of phenols is 1. The number of nitrogens with one attached hydrogen (secondary N) is 1. The summed E-state index contributed by atoms with van der Waals surface area (Å²) in [6, 6.07) is 21.5. The lowest BCUT2D eigenvalue weighted by Gasteiger charge is -2.20. The summed E-state index contributed by atoms with van der Waals surface area (Å²) in [5.74, 6) is -2.02. The molecule has 1 amide bonds. The number of aliphatic hydroxyl groups is 2. The highest BCUT2D eigenvalue weighted by Gasteiger charge is 2.31. The summed E-state index contributed by atoms with van der Waals surface area (Å²) in [5.41, 5.74) is 4.35. The quantitative estimate of drug-likeness (QED) is 0.132. The number of halogens is 1. The van der Waals surface area contributed by atoms with Crippen LogP contribution in [0.2, 0.25) is 0 Å². The van der Waals surface area contributed by atoms with Crippen LogP contribution in [0.3, 0.4) is 0 Å². The molecule has 8 nitrogen and oxygen atoms in total. The smallest absolute Gasteiger partial charge is 0.305 e. The van der Waals surface area contributed by atoms with E-state index < -0.39 is 30.4 Å². The van der Waals surface area contributed by atoms with Crippen LogP contribution in [0.25, 0.3) is 22.4 Å². The molecule has 0 radical (unpaired) electrons. The van der Waals surface area contributed by atoms with E-state index in [-0.39, 0.29) is 37.0 Å². The number of aromatic hydroxyl groups is 1. The Bertz CT molecular complexity index is 1520. The number of amides is 1. The fourth-order valence-corrected chi connectivity index (χ4v) is 5.23. The molecule has 0 aliphatic heterocycles. The molecule has 0 fully saturated rings. The van der Waals surface area contributed by atoms with E-state index in [1.165, 1.54) is 24.3 Å². The van der Waals surface area contributed by atoms with Crippen molar-refractivity contribution in [3.63, 3.8) is 0 Å². The first-order chi connectivity index (χ1) is 20.0. The molecule has 5 N–H and O–H groups in total. The molecular weight excluding hydrogens is 539 g/mol. The normalized spacial score (nSPS) is 12.7. The van der Waals surface area contributed by atoms with Crippen LogP contribution >= 0.6 is 0 Å². The van der Waals surface area contributed by atoms with Gasteiger partial charge >= 0.3 is 5.97 Å². The van der Waals surface area contributed by atoms with Crippen LogP contribution in [0, 0.1) is 5.82 Å². The van der Waals surface area contributed by atoms with Gasteiger partial charge in [-0.25, -0.2) is 4.39 Å². The Balaban J connectivity index is 1.89. The second kappa shape index (κ2) is 13.5. The zero-order chi connectivity index (χ0) is 30.4. The molecule has 0 saturated heterocycles. The number of carbonyl (C=O) groups is 2. The predicted octanol–water partition coefficient (Wildman–Crippen LogP) is 6.02. The molecule has 9 heteroatoms. The Morgan fingerprint density at radius 2 is 1.52 bits per heavy atom. The molecule has 0 aliphatic carbocycles. The summed E-state index contributed by atoms with van der Waals surface area (Å²) in [5, 5.41) is 42.4. The van der Waals surface area contributed by atoms with E-state index >= 15 is 0 Å². The van der Waals surface area contributed by atoms with Gasteiger partial charge in [-0.3, -0.25) is 9.59 Å². The molecule has 2 atom stereocenters. The van der Waals surface area contributed by atoms with Crippen LogP contribution in [0.5, 0.6) is 5.75 Å². The molecule has 4 rings (SSSR count). The maximum absolute atomic E-state index is 14.1. The van der Waals surface area contributed by atoms with Crippen molar-refractivity contribution in [3.8, 4) is 28.1 Å². The van der Waals surface area contributed by atoms with Gasteiger partial charge in [0.25, 0.3) is 5.91 Å². The second-order valence-corrected chi connectivity index (χ2v) is 10.6. The average Bonchev–Trinajstić information content (AvgIpc) is 3.29.